The molecule has 0 fully saturated rings. The van der Waals surface area contributed by atoms with Crippen molar-refractivity contribution in [1.82, 2.24) is 5.32 Å². The van der Waals surface area contributed by atoms with Crippen molar-refractivity contribution in [2.45, 2.75) is 20.3 Å². The van der Waals surface area contributed by atoms with Crippen molar-refractivity contribution < 1.29 is 14.3 Å². The molecule has 2 N–H and O–H groups in total. The van der Waals surface area contributed by atoms with Crippen LogP contribution in [0.2, 0.25) is 0 Å². The van der Waals surface area contributed by atoms with Crippen LogP contribution < -0.4 is 15.4 Å². The number of carbonyl (C=O) groups is 2. The second-order valence-corrected chi connectivity index (χ2v) is 5.63. The maximum Gasteiger partial charge on any atom is 0.251 e. The van der Waals surface area contributed by atoms with E-state index in [0.29, 0.717) is 17.9 Å². The van der Waals surface area contributed by atoms with Gasteiger partial charge in [0.2, 0.25) is 5.91 Å². The molecule has 0 saturated carbocycles. The molecule has 0 bridgehead atoms. The van der Waals surface area contributed by atoms with Crippen molar-refractivity contribution in [3.63, 3.8) is 0 Å². The van der Waals surface area contributed by atoms with Gasteiger partial charge < -0.3 is 15.4 Å². The number of hydrogen-bond acceptors (Lipinski definition) is 3. The van der Waals surface area contributed by atoms with Crippen LogP contribution in [0.4, 0.5) is 5.69 Å². The van der Waals surface area contributed by atoms with Crippen LogP contribution in [0.3, 0.4) is 0 Å². The van der Waals surface area contributed by atoms with Gasteiger partial charge in [-0.05, 0) is 61.4 Å². The van der Waals surface area contributed by atoms with E-state index >= 15 is 0 Å². The molecule has 2 aromatic carbocycles. The summed E-state index contributed by atoms with van der Waals surface area (Å²) in [5, 5.41) is 5.33. The number of carbonyl (C=O) groups excluding carboxylic acids is 2. The van der Waals surface area contributed by atoms with Crippen molar-refractivity contribution in [3.8, 4) is 5.75 Å². The van der Waals surface area contributed by atoms with E-state index < -0.39 is 0 Å². The molecule has 0 heterocycles. The quantitative estimate of drug-likeness (QED) is 0.857. The minimum Gasteiger partial charge on any atom is -0.493 e. The summed E-state index contributed by atoms with van der Waals surface area (Å²) in [7, 11) is 1.58. The molecule has 0 spiro atoms. The van der Waals surface area contributed by atoms with Crippen LogP contribution in [0.5, 0.6) is 5.75 Å². The molecular weight excluding hydrogens is 304 g/mol. The lowest BCUT2D eigenvalue weighted by Gasteiger charge is -2.09. The molecule has 0 aliphatic heterocycles. The molecule has 5 heteroatoms. The molecule has 2 aromatic rings. The van der Waals surface area contributed by atoms with E-state index in [1.165, 1.54) is 0 Å². The lowest BCUT2D eigenvalue weighted by molar-refractivity contribution is -0.116. The van der Waals surface area contributed by atoms with Crippen molar-refractivity contribution in [2.75, 3.05) is 19.0 Å². The van der Waals surface area contributed by atoms with E-state index in [0.717, 1.165) is 16.9 Å². The number of ether oxygens (including phenoxy) is 1. The normalized spacial score (nSPS) is 10.1. The summed E-state index contributed by atoms with van der Waals surface area (Å²) in [5.74, 6) is 0.483. The molecule has 5 nitrogen and oxygen atoms in total. The number of aryl methyl sites for hydroxylation is 2. The van der Waals surface area contributed by atoms with Crippen LogP contribution >= 0.6 is 0 Å². The minimum absolute atomic E-state index is 0.132. The second-order valence-electron chi connectivity index (χ2n) is 5.63. The molecule has 0 unspecified atom stereocenters. The van der Waals surface area contributed by atoms with E-state index in [2.05, 4.69) is 16.7 Å². The van der Waals surface area contributed by atoms with Gasteiger partial charge in [-0.1, -0.05) is 6.07 Å². The predicted octanol–water partition coefficient (Wildman–Crippen LogP) is 3.07. The Morgan fingerprint density at radius 2 is 1.62 bits per heavy atom. The van der Waals surface area contributed by atoms with Gasteiger partial charge in [-0.25, -0.2) is 0 Å². The van der Waals surface area contributed by atoms with Gasteiger partial charge in [0.25, 0.3) is 5.91 Å². The maximum absolute atomic E-state index is 11.9. The summed E-state index contributed by atoms with van der Waals surface area (Å²) in [4.78, 5) is 23.4. The van der Waals surface area contributed by atoms with Crippen LogP contribution in [0.15, 0.2) is 42.5 Å². The Bertz CT molecular complexity index is 704. The summed E-state index contributed by atoms with van der Waals surface area (Å²) in [6, 6.07) is 12.7. The molecular formula is C19H22N2O3. The molecule has 0 radical (unpaired) electrons. The zero-order valence-corrected chi connectivity index (χ0v) is 14.2. The van der Waals surface area contributed by atoms with Gasteiger partial charge in [0, 0.05) is 18.3 Å². The molecule has 0 aliphatic rings. The van der Waals surface area contributed by atoms with Crippen LogP contribution in [0, 0.1) is 13.8 Å². The second kappa shape index (κ2) is 8.15. The fourth-order valence-electron chi connectivity index (χ4n) is 2.35. The first-order chi connectivity index (χ1) is 11.5. The highest BCUT2D eigenvalue weighted by Gasteiger charge is 2.06. The van der Waals surface area contributed by atoms with Crippen LogP contribution in [0.1, 0.15) is 27.9 Å². The standard InChI is InChI=1S/C19H22N2O3/c1-13-10-14(2)12-17(11-13)24-9-8-18(22)21-16-6-4-15(5-7-16)19(23)20-3/h4-7,10-12H,8-9H2,1-3H3,(H,20,23)(H,21,22). The summed E-state index contributed by atoms with van der Waals surface area (Å²) in [6.45, 7) is 4.33. The number of amides is 2. The van der Waals surface area contributed by atoms with E-state index in [4.69, 9.17) is 4.74 Å². The van der Waals surface area contributed by atoms with Crippen LogP contribution in [0.25, 0.3) is 0 Å². The number of nitrogens with one attached hydrogen (secondary N) is 2. The largest absolute Gasteiger partial charge is 0.493 e. The Balaban J connectivity index is 1.81. The molecule has 0 saturated heterocycles. The minimum atomic E-state index is -0.158. The first-order valence-corrected chi connectivity index (χ1v) is 7.81. The molecule has 0 aromatic heterocycles. The highest BCUT2D eigenvalue weighted by molar-refractivity contribution is 5.95. The average Bonchev–Trinajstić information content (AvgIpc) is 2.54. The van der Waals surface area contributed by atoms with E-state index in [1.807, 2.05) is 26.0 Å². The first kappa shape index (κ1) is 17.5. The molecule has 0 atom stereocenters. The maximum atomic E-state index is 11.9. The predicted molar refractivity (Wildman–Crippen MR) is 94.5 cm³/mol. The molecule has 24 heavy (non-hydrogen) atoms. The van der Waals surface area contributed by atoms with E-state index in [-0.39, 0.29) is 18.2 Å². The monoisotopic (exact) mass is 326 g/mol. The smallest absolute Gasteiger partial charge is 0.251 e. The van der Waals surface area contributed by atoms with Crippen molar-refractivity contribution in [1.29, 1.82) is 0 Å². The lowest BCUT2D eigenvalue weighted by atomic mass is 10.1. The highest BCUT2D eigenvalue weighted by Crippen LogP contribution is 2.16. The van der Waals surface area contributed by atoms with Gasteiger partial charge >= 0.3 is 0 Å². The van der Waals surface area contributed by atoms with Crippen LogP contribution in [-0.2, 0) is 4.79 Å². The van der Waals surface area contributed by atoms with Crippen LogP contribution in [-0.4, -0.2) is 25.5 Å². The first-order valence-electron chi connectivity index (χ1n) is 7.81. The summed E-state index contributed by atoms with van der Waals surface area (Å²) in [5.41, 5.74) is 3.46. The Morgan fingerprint density at radius 3 is 2.21 bits per heavy atom. The summed E-state index contributed by atoms with van der Waals surface area (Å²) in [6.07, 6.45) is 0.254. The van der Waals surface area contributed by atoms with Gasteiger partial charge in [0.05, 0.1) is 13.0 Å². The Hall–Kier alpha value is -2.82. The van der Waals surface area contributed by atoms with Crippen molar-refractivity contribution in [2.24, 2.45) is 0 Å². The fraction of sp³-hybridized carbons (Fsp3) is 0.263. The van der Waals surface area contributed by atoms with E-state index in [1.54, 1.807) is 31.3 Å². The van der Waals surface area contributed by atoms with Crippen molar-refractivity contribution >= 4 is 17.5 Å². The highest BCUT2D eigenvalue weighted by atomic mass is 16.5. The fourth-order valence-corrected chi connectivity index (χ4v) is 2.35. The number of hydrogen-bond donors (Lipinski definition) is 2. The third-order valence-corrected chi connectivity index (χ3v) is 3.45. The van der Waals surface area contributed by atoms with Gasteiger partial charge in [0.15, 0.2) is 0 Å². The summed E-state index contributed by atoms with van der Waals surface area (Å²) >= 11 is 0. The number of rotatable bonds is 6. The topological polar surface area (TPSA) is 67.4 Å². The number of anilines is 1. The molecule has 0 aliphatic carbocycles. The Labute approximate surface area is 142 Å². The zero-order chi connectivity index (χ0) is 17.5. The third kappa shape index (κ3) is 5.12. The lowest BCUT2D eigenvalue weighted by Crippen LogP contribution is -2.18. The SMILES string of the molecule is CNC(=O)c1ccc(NC(=O)CCOc2cc(C)cc(C)c2)cc1. The van der Waals surface area contributed by atoms with Gasteiger partial charge in [0.1, 0.15) is 5.75 Å². The zero-order valence-electron chi connectivity index (χ0n) is 14.2. The Kier molecular flexibility index (Phi) is 5.95. The molecule has 2 rings (SSSR count). The molecule has 2 amide bonds. The van der Waals surface area contributed by atoms with E-state index in [9.17, 15) is 9.59 Å². The third-order valence-electron chi connectivity index (χ3n) is 3.45. The van der Waals surface area contributed by atoms with Gasteiger partial charge in [-0.3, -0.25) is 9.59 Å². The Morgan fingerprint density at radius 1 is 1.00 bits per heavy atom. The number of benzene rings is 2. The summed E-state index contributed by atoms with van der Waals surface area (Å²) < 4.78 is 5.63. The van der Waals surface area contributed by atoms with Gasteiger partial charge in [-0.2, -0.15) is 0 Å². The van der Waals surface area contributed by atoms with Crippen molar-refractivity contribution in [3.05, 3.63) is 59.2 Å². The molecule has 126 valence electrons. The van der Waals surface area contributed by atoms with Gasteiger partial charge in [-0.15, -0.1) is 0 Å². The average molecular weight is 326 g/mol.